The summed E-state index contributed by atoms with van der Waals surface area (Å²) in [6, 6.07) is 12.3. The lowest BCUT2D eigenvalue weighted by Crippen LogP contribution is -2.15. The van der Waals surface area contributed by atoms with Crippen LogP contribution in [0.5, 0.6) is 11.5 Å². The van der Waals surface area contributed by atoms with Crippen molar-refractivity contribution in [1.29, 1.82) is 0 Å². The summed E-state index contributed by atoms with van der Waals surface area (Å²) in [4.78, 5) is 28.2. The lowest BCUT2D eigenvalue weighted by molar-refractivity contribution is 0.0471. The van der Waals surface area contributed by atoms with E-state index in [9.17, 15) is 9.59 Å². The molecule has 134 valence electrons. The zero-order valence-corrected chi connectivity index (χ0v) is 14.8. The molecule has 1 heterocycles. The van der Waals surface area contributed by atoms with E-state index in [1.54, 1.807) is 12.1 Å². The number of esters is 1. The maximum absolute atomic E-state index is 12.6. The van der Waals surface area contributed by atoms with Crippen molar-refractivity contribution < 1.29 is 23.8 Å². The van der Waals surface area contributed by atoms with E-state index in [1.807, 2.05) is 31.2 Å². The van der Waals surface area contributed by atoms with Gasteiger partial charge in [0.1, 0.15) is 17.1 Å². The molecular weight excluding hydrogens is 334 g/mol. The number of ether oxygens (including phenoxy) is 3. The third-order valence-electron chi connectivity index (χ3n) is 4.13. The molecule has 0 spiro atoms. The average molecular weight is 353 g/mol. The molecule has 0 aliphatic carbocycles. The number of Topliss-reactive ketones (excluding diaryl/α,β-unsaturated/α-hetero) is 1. The molecule has 0 bridgehead atoms. The van der Waals surface area contributed by atoms with E-state index < -0.39 is 5.97 Å². The highest BCUT2D eigenvalue weighted by atomic mass is 16.5. The van der Waals surface area contributed by atoms with Gasteiger partial charge >= 0.3 is 5.97 Å². The monoisotopic (exact) mass is 353 g/mol. The van der Waals surface area contributed by atoms with Crippen molar-refractivity contribution in [2.75, 3.05) is 20.8 Å². The van der Waals surface area contributed by atoms with Crippen LogP contribution in [0, 0.1) is 6.92 Å². The van der Waals surface area contributed by atoms with E-state index >= 15 is 0 Å². The predicted octanol–water partition coefficient (Wildman–Crippen LogP) is 3.53. The maximum atomic E-state index is 12.6. The molecule has 26 heavy (non-hydrogen) atoms. The Balaban J connectivity index is 1.79. The third-order valence-corrected chi connectivity index (χ3v) is 4.13. The Morgan fingerprint density at radius 3 is 2.54 bits per heavy atom. The lowest BCUT2D eigenvalue weighted by atomic mass is 10.1. The molecule has 6 nitrogen and oxygen atoms in total. The number of carbonyl (C=O) groups excluding carboxylic acids is 2. The summed E-state index contributed by atoms with van der Waals surface area (Å²) in [5.41, 5.74) is 2.35. The van der Waals surface area contributed by atoms with Gasteiger partial charge in [-0.25, -0.2) is 4.79 Å². The summed E-state index contributed by atoms with van der Waals surface area (Å²) < 4.78 is 15.5. The van der Waals surface area contributed by atoms with Crippen molar-refractivity contribution in [1.82, 2.24) is 4.98 Å². The molecule has 2 aromatic carbocycles. The molecule has 1 N–H and O–H groups in total. The Morgan fingerprint density at radius 2 is 1.81 bits per heavy atom. The zero-order chi connectivity index (χ0) is 18.7. The summed E-state index contributed by atoms with van der Waals surface area (Å²) in [5.74, 6) is -0.0650. The number of ketones is 1. The molecule has 0 fully saturated rings. The second-order valence-electron chi connectivity index (χ2n) is 5.74. The Hall–Kier alpha value is -3.28. The number of para-hydroxylation sites is 1. The van der Waals surface area contributed by atoms with Crippen LogP contribution in [0.25, 0.3) is 10.9 Å². The number of aromatic amines is 1. The van der Waals surface area contributed by atoms with E-state index in [0.29, 0.717) is 17.1 Å². The molecular formula is C20H19NO5. The van der Waals surface area contributed by atoms with Crippen molar-refractivity contribution in [2.45, 2.75) is 6.92 Å². The van der Waals surface area contributed by atoms with Gasteiger partial charge in [0.2, 0.25) is 5.78 Å². The number of H-pyrrole nitrogens is 1. The van der Waals surface area contributed by atoms with Crippen LogP contribution >= 0.6 is 0 Å². The van der Waals surface area contributed by atoms with Crippen molar-refractivity contribution in [3.05, 3.63) is 59.3 Å². The molecule has 0 unspecified atom stereocenters. The molecule has 0 atom stereocenters. The van der Waals surface area contributed by atoms with Crippen molar-refractivity contribution in [2.24, 2.45) is 0 Å². The van der Waals surface area contributed by atoms with Crippen LogP contribution in [0.15, 0.2) is 42.5 Å². The molecule has 0 saturated carbocycles. The Labute approximate surface area is 150 Å². The van der Waals surface area contributed by atoms with Crippen LogP contribution in [0.1, 0.15) is 26.4 Å². The predicted molar refractivity (Wildman–Crippen MR) is 97.2 cm³/mol. The number of aromatic nitrogens is 1. The summed E-state index contributed by atoms with van der Waals surface area (Å²) in [6.07, 6.45) is 0. The first-order valence-corrected chi connectivity index (χ1v) is 8.04. The number of hydrogen-bond acceptors (Lipinski definition) is 5. The van der Waals surface area contributed by atoms with Crippen molar-refractivity contribution >= 4 is 22.7 Å². The number of nitrogens with one attached hydrogen (secondary N) is 1. The minimum atomic E-state index is -0.647. The Morgan fingerprint density at radius 1 is 1.04 bits per heavy atom. The van der Waals surface area contributed by atoms with Gasteiger partial charge in [0, 0.05) is 22.2 Å². The SMILES string of the molecule is COc1ccc(OC)c(C(=O)OCC(=O)c2c(C)[nH]c3ccccc23)c1. The summed E-state index contributed by atoms with van der Waals surface area (Å²) in [7, 11) is 2.96. The van der Waals surface area contributed by atoms with Crippen molar-refractivity contribution in [3.8, 4) is 11.5 Å². The first-order valence-electron chi connectivity index (χ1n) is 8.04. The van der Waals surface area contributed by atoms with Gasteiger partial charge in [-0.3, -0.25) is 4.79 Å². The largest absolute Gasteiger partial charge is 0.497 e. The van der Waals surface area contributed by atoms with Gasteiger partial charge in [-0.15, -0.1) is 0 Å². The first kappa shape index (κ1) is 17.5. The van der Waals surface area contributed by atoms with Crippen LogP contribution in [0.3, 0.4) is 0 Å². The average Bonchev–Trinajstić information content (AvgIpc) is 3.01. The van der Waals surface area contributed by atoms with Gasteiger partial charge < -0.3 is 19.2 Å². The summed E-state index contributed by atoms with van der Waals surface area (Å²) >= 11 is 0. The highest BCUT2D eigenvalue weighted by Gasteiger charge is 2.20. The summed E-state index contributed by atoms with van der Waals surface area (Å²) in [6.45, 7) is 1.46. The standard InChI is InChI=1S/C20H19NO5/c1-12-19(14-6-4-5-7-16(14)21-12)17(22)11-26-20(23)15-10-13(24-2)8-9-18(15)25-3/h4-10,21H,11H2,1-3H3. The molecule has 0 aliphatic rings. The second-order valence-corrected chi connectivity index (χ2v) is 5.74. The van der Waals surface area contributed by atoms with Crippen LogP contribution in [-0.4, -0.2) is 37.6 Å². The number of fused-ring (bicyclic) bond motifs is 1. The molecule has 3 aromatic rings. The third kappa shape index (κ3) is 3.26. The minimum Gasteiger partial charge on any atom is -0.497 e. The van der Waals surface area contributed by atoms with Crippen molar-refractivity contribution in [3.63, 3.8) is 0 Å². The number of benzene rings is 2. The quantitative estimate of drug-likeness (QED) is 0.542. The van der Waals surface area contributed by atoms with Gasteiger partial charge in [0.15, 0.2) is 6.61 Å². The maximum Gasteiger partial charge on any atom is 0.342 e. The molecule has 0 saturated heterocycles. The van der Waals surface area contributed by atoms with Crippen LogP contribution in [0.4, 0.5) is 0 Å². The number of methoxy groups -OCH3 is 2. The van der Waals surface area contributed by atoms with E-state index in [0.717, 1.165) is 16.6 Å². The van der Waals surface area contributed by atoms with Crippen LogP contribution in [0.2, 0.25) is 0 Å². The fourth-order valence-corrected chi connectivity index (χ4v) is 2.89. The van der Waals surface area contributed by atoms with Gasteiger partial charge in [-0.05, 0) is 31.2 Å². The van der Waals surface area contributed by atoms with E-state index in [-0.39, 0.29) is 18.0 Å². The first-order chi connectivity index (χ1) is 12.5. The fourth-order valence-electron chi connectivity index (χ4n) is 2.89. The van der Waals surface area contributed by atoms with E-state index in [4.69, 9.17) is 14.2 Å². The lowest BCUT2D eigenvalue weighted by Gasteiger charge is -2.10. The van der Waals surface area contributed by atoms with Gasteiger partial charge in [-0.1, -0.05) is 18.2 Å². The number of hydrogen-bond donors (Lipinski definition) is 1. The van der Waals surface area contributed by atoms with Gasteiger partial charge in [0.05, 0.1) is 14.2 Å². The molecule has 3 rings (SSSR count). The molecule has 0 radical (unpaired) electrons. The van der Waals surface area contributed by atoms with Crippen LogP contribution < -0.4 is 9.47 Å². The highest BCUT2D eigenvalue weighted by Crippen LogP contribution is 2.25. The number of rotatable bonds is 6. The van der Waals surface area contributed by atoms with Gasteiger partial charge in [-0.2, -0.15) is 0 Å². The van der Waals surface area contributed by atoms with E-state index in [2.05, 4.69) is 4.98 Å². The van der Waals surface area contributed by atoms with E-state index in [1.165, 1.54) is 20.3 Å². The minimum absolute atomic E-state index is 0.204. The smallest absolute Gasteiger partial charge is 0.342 e. The molecule has 6 heteroatoms. The molecule has 0 aliphatic heterocycles. The molecule has 1 aromatic heterocycles. The Kier molecular flexibility index (Phi) is 4.93. The number of carbonyl (C=O) groups is 2. The zero-order valence-electron chi connectivity index (χ0n) is 14.8. The topological polar surface area (TPSA) is 77.6 Å². The Bertz CT molecular complexity index is 973. The molecule has 0 amide bonds. The highest BCUT2D eigenvalue weighted by molar-refractivity contribution is 6.10. The second kappa shape index (κ2) is 7.31. The summed E-state index contributed by atoms with van der Waals surface area (Å²) in [5, 5.41) is 0.810. The van der Waals surface area contributed by atoms with Gasteiger partial charge in [0.25, 0.3) is 0 Å². The fraction of sp³-hybridized carbons (Fsp3) is 0.200. The normalized spacial score (nSPS) is 10.6. The van der Waals surface area contributed by atoms with Crippen LogP contribution in [-0.2, 0) is 4.74 Å². The number of aryl methyl sites for hydroxylation is 1.